The minimum absolute atomic E-state index is 0.221. The van der Waals surface area contributed by atoms with Gasteiger partial charge in [0.25, 0.3) is 5.91 Å². The number of nitrogens with zero attached hydrogens (tertiary/aromatic N) is 4. The van der Waals surface area contributed by atoms with E-state index < -0.39 is 0 Å². The molecule has 0 spiro atoms. The Balaban J connectivity index is 1.75. The van der Waals surface area contributed by atoms with Crippen molar-refractivity contribution in [3.8, 4) is 0 Å². The molecule has 2 N–H and O–H groups in total. The number of carbonyl (C=O) groups is 1. The zero-order valence-corrected chi connectivity index (χ0v) is 16.6. The van der Waals surface area contributed by atoms with Crippen molar-refractivity contribution in [3.63, 3.8) is 0 Å². The molecule has 0 saturated heterocycles. The molecule has 2 aromatic heterocycles. The van der Waals surface area contributed by atoms with Crippen LogP contribution in [0.25, 0.3) is 6.08 Å². The number of hydrogen-bond donors (Lipinski definition) is 2. The van der Waals surface area contributed by atoms with Crippen LogP contribution in [-0.4, -0.2) is 44.6 Å². The van der Waals surface area contributed by atoms with E-state index in [4.69, 9.17) is 0 Å². The van der Waals surface area contributed by atoms with Crippen LogP contribution in [0, 0.1) is 6.92 Å². The minimum atomic E-state index is -0.221. The van der Waals surface area contributed by atoms with Gasteiger partial charge in [-0.15, -0.1) is 0 Å². The van der Waals surface area contributed by atoms with Crippen LogP contribution in [0.1, 0.15) is 60.9 Å². The molecule has 3 heterocycles. The summed E-state index contributed by atoms with van der Waals surface area (Å²) in [5.41, 5.74) is 8.45. The van der Waals surface area contributed by atoms with Crippen molar-refractivity contribution in [2.75, 3.05) is 13.1 Å². The van der Waals surface area contributed by atoms with Gasteiger partial charge in [-0.2, -0.15) is 5.10 Å². The molecule has 2 aliphatic rings. The number of hydrazone groups is 1. The van der Waals surface area contributed by atoms with E-state index in [9.17, 15) is 4.79 Å². The van der Waals surface area contributed by atoms with Crippen molar-refractivity contribution in [2.24, 2.45) is 5.10 Å². The summed E-state index contributed by atoms with van der Waals surface area (Å²) >= 11 is 0. The quantitative estimate of drug-likeness (QED) is 0.726. The van der Waals surface area contributed by atoms with E-state index in [0.717, 1.165) is 25.3 Å². The average Bonchev–Trinajstić information content (AvgIpc) is 3.42. The van der Waals surface area contributed by atoms with E-state index in [2.05, 4.69) is 51.2 Å². The molecule has 0 bridgehead atoms. The van der Waals surface area contributed by atoms with Gasteiger partial charge in [0.1, 0.15) is 5.71 Å². The van der Waals surface area contributed by atoms with Gasteiger partial charge in [0, 0.05) is 30.3 Å². The fourth-order valence-electron chi connectivity index (χ4n) is 3.74. The Morgan fingerprint density at radius 3 is 2.57 bits per heavy atom. The van der Waals surface area contributed by atoms with Crippen molar-refractivity contribution in [1.82, 2.24) is 25.3 Å². The molecule has 146 valence electrons. The number of hydrogen-bond acceptors (Lipinski definition) is 5. The number of aromatic nitrogens is 3. The summed E-state index contributed by atoms with van der Waals surface area (Å²) in [4.78, 5) is 26.9. The highest BCUT2D eigenvalue weighted by atomic mass is 16.2. The van der Waals surface area contributed by atoms with Gasteiger partial charge < -0.3 is 4.98 Å². The van der Waals surface area contributed by atoms with Gasteiger partial charge in [0.2, 0.25) is 0 Å². The smallest absolute Gasteiger partial charge is 0.273 e. The predicted octanol–water partition coefficient (Wildman–Crippen LogP) is 2.75. The van der Waals surface area contributed by atoms with E-state index in [1.807, 2.05) is 6.08 Å². The number of amides is 1. The summed E-state index contributed by atoms with van der Waals surface area (Å²) in [6, 6.07) is 1.75. The summed E-state index contributed by atoms with van der Waals surface area (Å²) in [7, 11) is 0. The molecule has 0 unspecified atom stereocenters. The van der Waals surface area contributed by atoms with Crippen LogP contribution >= 0.6 is 0 Å². The van der Waals surface area contributed by atoms with Crippen LogP contribution in [0.5, 0.6) is 0 Å². The fraction of sp³-hybridized carbons (Fsp3) is 0.429. The first-order valence-electron chi connectivity index (χ1n) is 9.93. The Bertz CT molecular complexity index is 935. The lowest BCUT2D eigenvalue weighted by Crippen LogP contribution is -2.22. The summed E-state index contributed by atoms with van der Waals surface area (Å²) in [5, 5.41) is 4.16. The molecule has 1 aliphatic carbocycles. The standard InChI is InChI=1S/C21H26N6O/c1-4-27(5-2)12-16-13(3)24-17(18(16)14-7-8-14)11-15-19(25-26-21(15)28)20-22-9-6-10-23-20/h6,9-11,14,24H,4-5,7-8,12H2,1-3H3,(H,26,28). The van der Waals surface area contributed by atoms with Gasteiger partial charge in [-0.05, 0) is 62.0 Å². The fourth-order valence-corrected chi connectivity index (χ4v) is 3.74. The second-order valence-electron chi connectivity index (χ2n) is 7.32. The van der Waals surface area contributed by atoms with E-state index in [-0.39, 0.29) is 5.91 Å². The Morgan fingerprint density at radius 1 is 1.21 bits per heavy atom. The number of rotatable bonds is 7. The summed E-state index contributed by atoms with van der Waals surface area (Å²) in [6.07, 6.45) is 7.63. The molecule has 0 radical (unpaired) electrons. The molecule has 4 rings (SSSR count). The summed E-state index contributed by atoms with van der Waals surface area (Å²) in [6.45, 7) is 9.47. The van der Waals surface area contributed by atoms with E-state index in [1.54, 1.807) is 18.5 Å². The molecule has 1 aliphatic heterocycles. The highest BCUT2D eigenvalue weighted by Crippen LogP contribution is 2.45. The van der Waals surface area contributed by atoms with Crippen LogP contribution in [0.3, 0.4) is 0 Å². The first-order valence-corrected chi connectivity index (χ1v) is 9.93. The predicted molar refractivity (Wildman–Crippen MR) is 109 cm³/mol. The van der Waals surface area contributed by atoms with Crippen LogP contribution in [0.4, 0.5) is 0 Å². The molecule has 0 aromatic carbocycles. The van der Waals surface area contributed by atoms with E-state index in [0.29, 0.717) is 23.0 Å². The maximum absolute atomic E-state index is 12.4. The first-order chi connectivity index (χ1) is 13.6. The first kappa shape index (κ1) is 18.6. The Labute approximate surface area is 165 Å². The normalized spacial score (nSPS) is 18.1. The average molecular weight is 378 g/mol. The summed E-state index contributed by atoms with van der Waals surface area (Å²) < 4.78 is 0. The molecular formula is C21H26N6O. The number of nitrogens with one attached hydrogen (secondary N) is 2. The van der Waals surface area contributed by atoms with Gasteiger partial charge in [-0.1, -0.05) is 13.8 Å². The van der Waals surface area contributed by atoms with Crippen molar-refractivity contribution in [2.45, 2.75) is 46.1 Å². The Kier molecular flexibility index (Phi) is 5.09. The van der Waals surface area contributed by atoms with Gasteiger partial charge in [0.05, 0.1) is 5.57 Å². The number of H-pyrrole nitrogens is 1. The van der Waals surface area contributed by atoms with Gasteiger partial charge in [0.15, 0.2) is 5.82 Å². The van der Waals surface area contributed by atoms with Crippen molar-refractivity contribution < 1.29 is 4.79 Å². The van der Waals surface area contributed by atoms with Gasteiger partial charge in [-0.25, -0.2) is 15.4 Å². The monoisotopic (exact) mass is 378 g/mol. The highest BCUT2D eigenvalue weighted by molar-refractivity contribution is 6.32. The van der Waals surface area contributed by atoms with E-state index in [1.165, 1.54) is 29.7 Å². The molecule has 0 atom stereocenters. The Morgan fingerprint density at radius 2 is 1.93 bits per heavy atom. The third-order valence-electron chi connectivity index (χ3n) is 5.49. The van der Waals surface area contributed by atoms with Crippen molar-refractivity contribution in [3.05, 3.63) is 52.4 Å². The largest absolute Gasteiger partial charge is 0.359 e. The highest BCUT2D eigenvalue weighted by Gasteiger charge is 2.32. The molecular weight excluding hydrogens is 352 g/mol. The lowest BCUT2D eigenvalue weighted by Gasteiger charge is -2.19. The molecule has 1 fully saturated rings. The minimum Gasteiger partial charge on any atom is -0.359 e. The SMILES string of the molecule is CCN(CC)Cc1c(C)[nH]c(C=C2C(=O)NN=C2c2ncccn2)c1C1CC1. The molecule has 7 nitrogen and oxygen atoms in total. The Hall–Kier alpha value is -2.80. The second-order valence-corrected chi connectivity index (χ2v) is 7.32. The van der Waals surface area contributed by atoms with Gasteiger partial charge >= 0.3 is 0 Å². The van der Waals surface area contributed by atoms with Crippen LogP contribution < -0.4 is 5.43 Å². The number of aryl methyl sites for hydroxylation is 1. The topological polar surface area (TPSA) is 86.3 Å². The molecule has 2 aromatic rings. The molecule has 1 saturated carbocycles. The number of aromatic amines is 1. The maximum atomic E-state index is 12.4. The third-order valence-corrected chi connectivity index (χ3v) is 5.49. The van der Waals surface area contributed by atoms with Crippen LogP contribution in [0.2, 0.25) is 0 Å². The van der Waals surface area contributed by atoms with Crippen molar-refractivity contribution >= 4 is 17.7 Å². The molecule has 1 amide bonds. The second kappa shape index (κ2) is 7.67. The molecule has 28 heavy (non-hydrogen) atoms. The number of carbonyl (C=O) groups excluding carboxylic acids is 1. The maximum Gasteiger partial charge on any atom is 0.273 e. The summed E-state index contributed by atoms with van der Waals surface area (Å²) in [5.74, 6) is 0.800. The molecule has 7 heteroatoms. The van der Waals surface area contributed by atoms with E-state index >= 15 is 0 Å². The van der Waals surface area contributed by atoms with Crippen LogP contribution in [0.15, 0.2) is 29.1 Å². The van der Waals surface area contributed by atoms with Gasteiger partial charge in [-0.3, -0.25) is 9.69 Å². The zero-order chi connectivity index (χ0) is 19.7. The van der Waals surface area contributed by atoms with Crippen LogP contribution in [-0.2, 0) is 11.3 Å². The lowest BCUT2D eigenvalue weighted by molar-refractivity contribution is -0.116. The lowest BCUT2D eigenvalue weighted by atomic mass is 10.0. The zero-order valence-electron chi connectivity index (χ0n) is 16.6. The van der Waals surface area contributed by atoms with Crippen molar-refractivity contribution in [1.29, 1.82) is 0 Å². The third kappa shape index (κ3) is 3.49.